The van der Waals surface area contributed by atoms with Crippen molar-refractivity contribution >= 4 is 34.8 Å². The van der Waals surface area contributed by atoms with Gasteiger partial charge in [0, 0.05) is 18.7 Å². The minimum absolute atomic E-state index is 0.0908. The smallest absolute Gasteiger partial charge is 0.407 e. The number of likely N-dealkylation sites (tertiary alicyclic amines) is 1. The number of fused-ring (bicyclic) bond motifs is 1. The van der Waals surface area contributed by atoms with Gasteiger partial charge >= 0.3 is 12.2 Å². The first kappa shape index (κ1) is 38.1. The number of carbonyl (C=O) groups is 4. The van der Waals surface area contributed by atoms with Gasteiger partial charge in [-0.1, -0.05) is 68.8 Å². The fourth-order valence-electron chi connectivity index (χ4n) is 7.49. The number of aromatic amines is 2. The number of methoxy groups -OCH3 is 2. The molecule has 1 saturated heterocycles. The molecule has 4 N–H and O–H groups in total. The Hall–Kier alpha value is -6.18. The predicted octanol–water partition coefficient (Wildman–Crippen LogP) is 6.43. The number of H-pyrrole nitrogens is 2. The van der Waals surface area contributed by atoms with Crippen LogP contribution in [0.3, 0.4) is 0 Å². The Kier molecular flexibility index (Phi) is 11.1. The molecule has 5 aromatic rings. The number of nitrogens with zero attached hydrogens (tertiary/aromatic N) is 4. The van der Waals surface area contributed by atoms with Crippen LogP contribution in [0, 0.1) is 11.3 Å². The summed E-state index contributed by atoms with van der Waals surface area (Å²) >= 11 is 0. The number of rotatable bonds is 13. The average molecular weight is 761 g/mol. The molecule has 4 amide bonds. The zero-order valence-corrected chi connectivity index (χ0v) is 32.2. The molecule has 2 fully saturated rings. The standard InChI is InChI=1S/C42H48N8O6/c1-5-26-14-17-50(37(52)23-46-41(54)56-4)38(26)39-44-21-33(48-39)28-8-6-27(7-9-28)29-10-11-31-19-32(13-12-30(31)18-29)34-20-43-35(47-34)24-49(25-42(2)15-16-42)36(51)22-45-40(53)55-3/h6-13,18-21,26,38H,5,14-17,22-25H2,1-4H3,(H,43,47)(H,44,48)(H,45,53)(H,46,54). The van der Waals surface area contributed by atoms with Gasteiger partial charge in [0.2, 0.25) is 11.8 Å². The molecule has 14 nitrogen and oxygen atoms in total. The van der Waals surface area contributed by atoms with E-state index >= 15 is 0 Å². The third-order valence-electron chi connectivity index (χ3n) is 11.1. The Morgan fingerprint density at radius 2 is 1.43 bits per heavy atom. The van der Waals surface area contributed by atoms with Crippen LogP contribution in [-0.2, 0) is 25.6 Å². The Labute approximate surface area is 325 Å². The molecule has 0 radical (unpaired) electrons. The summed E-state index contributed by atoms with van der Waals surface area (Å²) in [5.41, 5.74) is 5.96. The van der Waals surface area contributed by atoms with Crippen molar-refractivity contribution in [3.8, 4) is 33.6 Å². The van der Waals surface area contributed by atoms with Crippen LogP contribution in [0.15, 0.2) is 73.1 Å². The molecule has 0 bridgehead atoms. The first-order chi connectivity index (χ1) is 27.1. The van der Waals surface area contributed by atoms with Crippen molar-refractivity contribution < 1.29 is 28.7 Å². The molecule has 0 spiro atoms. The van der Waals surface area contributed by atoms with Gasteiger partial charge in [-0.25, -0.2) is 19.6 Å². The zero-order chi connectivity index (χ0) is 39.4. The topological polar surface area (TPSA) is 175 Å². The predicted molar refractivity (Wildman–Crippen MR) is 211 cm³/mol. The fourth-order valence-corrected chi connectivity index (χ4v) is 7.49. The first-order valence-electron chi connectivity index (χ1n) is 19.0. The maximum Gasteiger partial charge on any atom is 0.407 e. The van der Waals surface area contributed by atoms with Gasteiger partial charge in [0.15, 0.2) is 0 Å². The largest absolute Gasteiger partial charge is 0.453 e. The molecule has 3 aromatic carbocycles. The van der Waals surface area contributed by atoms with Gasteiger partial charge in [-0.15, -0.1) is 0 Å². The van der Waals surface area contributed by atoms with E-state index in [4.69, 9.17) is 4.98 Å². The lowest BCUT2D eigenvalue weighted by Crippen LogP contribution is -2.42. The molecule has 56 heavy (non-hydrogen) atoms. The SMILES string of the molecule is CCC1CCN(C(=O)CNC(=O)OC)C1c1ncc(-c2ccc(-c3ccc4cc(-c5cnc(CN(CC6(C)CC6)C(=O)CNC(=O)OC)[nH]5)ccc4c3)cc2)[nH]1. The summed E-state index contributed by atoms with van der Waals surface area (Å²) in [6, 6.07) is 20.8. The van der Waals surface area contributed by atoms with Crippen molar-refractivity contribution in [3.63, 3.8) is 0 Å². The van der Waals surface area contributed by atoms with Gasteiger partial charge in [-0.2, -0.15) is 0 Å². The molecule has 1 aliphatic heterocycles. The number of hydrogen-bond donors (Lipinski definition) is 4. The number of ether oxygens (including phenoxy) is 2. The second kappa shape index (κ2) is 16.3. The van der Waals surface area contributed by atoms with Gasteiger partial charge in [0.25, 0.3) is 0 Å². The van der Waals surface area contributed by atoms with Crippen molar-refractivity contribution in [2.24, 2.45) is 11.3 Å². The number of hydrogen-bond acceptors (Lipinski definition) is 8. The van der Waals surface area contributed by atoms with Crippen molar-refractivity contribution in [2.45, 2.75) is 52.1 Å². The van der Waals surface area contributed by atoms with Gasteiger partial charge in [-0.05, 0) is 70.2 Å². The fraction of sp³-hybridized carbons (Fsp3) is 0.381. The molecule has 2 aliphatic rings. The summed E-state index contributed by atoms with van der Waals surface area (Å²) in [7, 11) is 2.54. The van der Waals surface area contributed by atoms with E-state index < -0.39 is 12.2 Å². The number of amides is 4. The van der Waals surface area contributed by atoms with Crippen LogP contribution < -0.4 is 10.6 Å². The number of nitrogens with one attached hydrogen (secondary N) is 4. The number of alkyl carbamates (subject to hydrolysis) is 2. The first-order valence-corrected chi connectivity index (χ1v) is 19.0. The molecular weight excluding hydrogens is 713 g/mol. The van der Waals surface area contributed by atoms with E-state index in [0.717, 1.165) is 75.9 Å². The molecule has 1 aliphatic carbocycles. The van der Waals surface area contributed by atoms with E-state index in [-0.39, 0.29) is 42.3 Å². The number of imidazole rings is 2. The van der Waals surface area contributed by atoms with Gasteiger partial charge in [-0.3, -0.25) is 9.59 Å². The monoisotopic (exact) mass is 760 g/mol. The lowest BCUT2D eigenvalue weighted by Gasteiger charge is -2.26. The summed E-state index contributed by atoms with van der Waals surface area (Å²) in [6.45, 7) is 5.53. The third-order valence-corrected chi connectivity index (χ3v) is 11.1. The highest BCUT2D eigenvalue weighted by atomic mass is 16.5. The Morgan fingerprint density at radius 1 is 0.821 bits per heavy atom. The van der Waals surface area contributed by atoms with Crippen LogP contribution >= 0.6 is 0 Å². The summed E-state index contributed by atoms with van der Waals surface area (Å²) in [5.74, 6) is 1.32. The molecule has 292 valence electrons. The maximum absolute atomic E-state index is 13.0. The summed E-state index contributed by atoms with van der Waals surface area (Å²) in [5, 5.41) is 7.17. The van der Waals surface area contributed by atoms with Crippen LogP contribution in [0.2, 0.25) is 0 Å². The van der Waals surface area contributed by atoms with Crippen LogP contribution in [0.1, 0.15) is 57.2 Å². The average Bonchev–Trinajstić information content (AvgIpc) is 3.62. The quantitative estimate of drug-likeness (QED) is 0.106. The van der Waals surface area contributed by atoms with Crippen molar-refractivity contribution in [3.05, 3.63) is 84.7 Å². The van der Waals surface area contributed by atoms with E-state index in [9.17, 15) is 19.2 Å². The molecule has 3 heterocycles. The Bertz CT molecular complexity index is 2230. The van der Waals surface area contributed by atoms with E-state index in [1.807, 2.05) is 6.20 Å². The van der Waals surface area contributed by atoms with E-state index in [1.165, 1.54) is 14.2 Å². The van der Waals surface area contributed by atoms with E-state index in [0.29, 0.717) is 25.5 Å². The molecule has 2 unspecified atom stereocenters. The van der Waals surface area contributed by atoms with Crippen LogP contribution in [0.25, 0.3) is 44.4 Å². The molecule has 1 saturated carbocycles. The summed E-state index contributed by atoms with van der Waals surface area (Å²) in [6.07, 6.45) is 6.23. The van der Waals surface area contributed by atoms with E-state index in [2.05, 4.69) is 110 Å². The number of carbonyl (C=O) groups excluding carboxylic acids is 4. The Balaban J connectivity index is 1.02. The Morgan fingerprint density at radius 3 is 2.11 bits per heavy atom. The van der Waals surface area contributed by atoms with Crippen molar-refractivity contribution in [1.29, 1.82) is 0 Å². The highest BCUT2D eigenvalue weighted by Gasteiger charge is 2.40. The minimum atomic E-state index is -0.638. The molecule has 2 atom stereocenters. The highest BCUT2D eigenvalue weighted by molar-refractivity contribution is 5.90. The molecule has 14 heteroatoms. The third kappa shape index (κ3) is 8.54. The van der Waals surface area contributed by atoms with Crippen molar-refractivity contribution in [1.82, 2.24) is 40.4 Å². The zero-order valence-electron chi connectivity index (χ0n) is 32.2. The maximum atomic E-state index is 13.0. The normalized spacial score (nSPS) is 17.0. The van der Waals surface area contributed by atoms with Gasteiger partial charge < -0.3 is 39.9 Å². The molecular formula is C42H48N8O6. The van der Waals surface area contributed by atoms with Crippen molar-refractivity contribution in [2.75, 3.05) is 40.4 Å². The highest BCUT2D eigenvalue weighted by Crippen LogP contribution is 2.45. The van der Waals surface area contributed by atoms with E-state index in [1.54, 1.807) is 16.0 Å². The van der Waals surface area contributed by atoms with Gasteiger partial charge in [0.1, 0.15) is 24.7 Å². The van der Waals surface area contributed by atoms with Crippen LogP contribution in [-0.4, -0.2) is 94.1 Å². The summed E-state index contributed by atoms with van der Waals surface area (Å²) < 4.78 is 9.24. The lowest BCUT2D eigenvalue weighted by molar-refractivity contribution is -0.132. The molecule has 7 rings (SSSR count). The minimum Gasteiger partial charge on any atom is -0.453 e. The number of aromatic nitrogens is 4. The second-order valence-electron chi connectivity index (χ2n) is 15.0. The van der Waals surface area contributed by atoms with Crippen LogP contribution in [0.5, 0.6) is 0 Å². The molecule has 2 aromatic heterocycles. The van der Waals surface area contributed by atoms with Crippen LogP contribution in [0.4, 0.5) is 9.59 Å². The number of benzene rings is 3. The van der Waals surface area contributed by atoms with Gasteiger partial charge in [0.05, 0.1) is 50.6 Å². The lowest BCUT2D eigenvalue weighted by atomic mass is 9.97. The second-order valence-corrected chi connectivity index (χ2v) is 15.0. The summed E-state index contributed by atoms with van der Waals surface area (Å²) in [4.78, 5) is 68.9.